The lowest BCUT2D eigenvalue weighted by atomic mass is 9.96. The van der Waals surface area contributed by atoms with Gasteiger partial charge < -0.3 is 10.6 Å². The summed E-state index contributed by atoms with van der Waals surface area (Å²) in [7, 11) is 0. The Balaban J connectivity index is 0.00000200. The maximum atomic E-state index is 12.0. The van der Waals surface area contributed by atoms with Gasteiger partial charge in [0.1, 0.15) is 0 Å². The summed E-state index contributed by atoms with van der Waals surface area (Å²) in [4.78, 5) is 12.0. The van der Waals surface area contributed by atoms with Gasteiger partial charge in [-0.2, -0.15) is 0 Å². The van der Waals surface area contributed by atoms with Crippen LogP contribution in [-0.4, -0.2) is 25.5 Å². The van der Waals surface area contributed by atoms with Crippen molar-refractivity contribution in [1.29, 1.82) is 0 Å². The van der Waals surface area contributed by atoms with Crippen LogP contribution >= 0.6 is 35.6 Å². The second kappa shape index (κ2) is 8.73. The molecule has 0 saturated carbocycles. The Labute approximate surface area is 135 Å². The Morgan fingerprint density at radius 2 is 2.20 bits per heavy atom. The molecule has 1 saturated heterocycles. The van der Waals surface area contributed by atoms with Gasteiger partial charge in [-0.25, -0.2) is 0 Å². The van der Waals surface area contributed by atoms with Gasteiger partial charge in [0.15, 0.2) is 0 Å². The van der Waals surface area contributed by atoms with Crippen LogP contribution in [0.2, 0.25) is 10.0 Å². The first kappa shape index (κ1) is 17.6. The zero-order chi connectivity index (χ0) is 13.7. The van der Waals surface area contributed by atoms with E-state index in [-0.39, 0.29) is 18.3 Å². The fraction of sp³-hybridized carbons (Fsp3) is 0.500. The molecule has 6 heteroatoms. The normalized spacial score (nSPS) is 18.2. The summed E-state index contributed by atoms with van der Waals surface area (Å²) in [6, 6.07) is 4.92. The number of carbonyl (C=O) groups is 1. The molecule has 0 aliphatic carbocycles. The quantitative estimate of drug-likeness (QED) is 0.882. The molecule has 2 N–H and O–H groups in total. The minimum absolute atomic E-state index is 0. The van der Waals surface area contributed by atoms with Crippen molar-refractivity contribution in [3.63, 3.8) is 0 Å². The van der Waals surface area contributed by atoms with Crippen molar-refractivity contribution in [2.75, 3.05) is 19.6 Å². The average molecular weight is 338 g/mol. The Kier molecular flexibility index (Phi) is 7.67. The molecule has 1 aliphatic heterocycles. The molecule has 112 valence electrons. The minimum atomic E-state index is -0.134. The largest absolute Gasteiger partial charge is 0.352 e. The van der Waals surface area contributed by atoms with E-state index in [9.17, 15) is 4.79 Å². The van der Waals surface area contributed by atoms with Gasteiger partial charge in [0.05, 0.1) is 10.6 Å². The fourth-order valence-corrected chi connectivity index (χ4v) is 2.82. The number of nitrogens with one attached hydrogen (secondary N) is 2. The molecular formula is C14H19Cl3N2O. The fourth-order valence-electron chi connectivity index (χ4n) is 2.33. The predicted octanol–water partition coefficient (Wildman–Crippen LogP) is 3.53. The lowest BCUT2D eigenvalue weighted by Gasteiger charge is -2.22. The number of halogens is 3. The van der Waals surface area contributed by atoms with Crippen LogP contribution in [0, 0.1) is 5.92 Å². The van der Waals surface area contributed by atoms with Crippen LogP contribution in [0.4, 0.5) is 0 Å². The van der Waals surface area contributed by atoms with Crippen molar-refractivity contribution in [3.8, 4) is 0 Å². The molecular weight excluding hydrogens is 319 g/mol. The van der Waals surface area contributed by atoms with Crippen molar-refractivity contribution in [3.05, 3.63) is 33.8 Å². The first-order valence-corrected chi connectivity index (χ1v) is 7.36. The van der Waals surface area contributed by atoms with Gasteiger partial charge in [0, 0.05) is 11.6 Å². The molecule has 2 rings (SSSR count). The van der Waals surface area contributed by atoms with Crippen LogP contribution in [0.3, 0.4) is 0 Å². The van der Waals surface area contributed by atoms with Crippen LogP contribution in [0.5, 0.6) is 0 Å². The van der Waals surface area contributed by atoms with Crippen LogP contribution in [0.15, 0.2) is 18.2 Å². The summed E-state index contributed by atoms with van der Waals surface area (Å²) in [6.45, 7) is 2.85. The smallest absolute Gasteiger partial charge is 0.252 e. The molecule has 3 nitrogen and oxygen atoms in total. The van der Waals surface area contributed by atoms with E-state index < -0.39 is 0 Å². The van der Waals surface area contributed by atoms with E-state index in [0.717, 1.165) is 19.5 Å². The maximum absolute atomic E-state index is 12.0. The molecule has 0 aromatic heterocycles. The summed E-state index contributed by atoms with van der Waals surface area (Å²) in [6.07, 6.45) is 3.47. The number of carbonyl (C=O) groups excluding carboxylic acids is 1. The number of hydrogen-bond donors (Lipinski definition) is 2. The number of rotatable bonds is 4. The first-order chi connectivity index (χ1) is 9.16. The van der Waals surface area contributed by atoms with E-state index in [1.54, 1.807) is 18.2 Å². The van der Waals surface area contributed by atoms with Gasteiger partial charge >= 0.3 is 0 Å². The van der Waals surface area contributed by atoms with Crippen LogP contribution < -0.4 is 10.6 Å². The summed E-state index contributed by atoms with van der Waals surface area (Å²) >= 11 is 11.8. The van der Waals surface area contributed by atoms with E-state index in [4.69, 9.17) is 23.2 Å². The molecule has 0 spiro atoms. The Bertz CT molecular complexity index is 448. The molecule has 1 unspecified atom stereocenters. The second-order valence-electron chi connectivity index (χ2n) is 4.88. The first-order valence-electron chi connectivity index (χ1n) is 6.61. The topological polar surface area (TPSA) is 41.1 Å². The molecule has 1 aliphatic rings. The van der Waals surface area contributed by atoms with Gasteiger partial charge in [-0.1, -0.05) is 23.2 Å². The lowest BCUT2D eigenvalue weighted by molar-refractivity contribution is 0.0951. The van der Waals surface area contributed by atoms with Crippen molar-refractivity contribution >= 4 is 41.5 Å². The SMILES string of the molecule is Cl.O=C(NCCC1CCCNC1)c1ccc(Cl)cc1Cl. The number of hydrogen-bond acceptors (Lipinski definition) is 2. The third-order valence-corrected chi connectivity index (χ3v) is 3.96. The number of amides is 1. The third-order valence-electron chi connectivity index (χ3n) is 3.41. The van der Waals surface area contributed by atoms with E-state index in [0.29, 0.717) is 28.1 Å². The van der Waals surface area contributed by atoms with E-state index in [2.05, 4.69) is 10.6 Å². The highest BCUT2D eigenvalue weighted by Crippen LogP contribution is 2.21. The lowest BCUT2D eigenvalue weighted by Crippen LogP contribution is -2.33. The summed E-state index contributed by atoms with van der Waals surface area (Å²) in [5.74, 6) is 0.528. The Morgan fingerprint density at radius 3 is 2.85 bits per heavy atom. The highest BCUT2D eigenvalue weighted by atomic mass is 35.5. The van der Waals surface area contributed by atoms with E-state index in [1.165, 1.54) is 12.8 Å². The highest BCUT2D eigenvalue weighted by Gasteiger charge is 2.14. The van der Waals surface area contributed by atoms with Crippen molar-refractivity contribution in [2.45, 2.75) is 19.3 Å². The molecule has 1 atom stereocenters. The number of benzene rings is 1. The third kappa shape index (κ3) is 5.13. The Hall–Kier alpha value is -0.480. The predicted molar refractivity (Wildman–Crippen MR) is 86.3 cm³/mol. The Morgan fingerprint density at radius 1 is 1.40 bits per heavy atom. The standard InChI is InChI=1S/C14H18Cl2N2O.ClH/c15-11-3-4-12(13(16)8-11)14(19)18-7-5-10-2-1-6-17-9-10;/h3-4,8,10,17H,1-2,5-7,9H2,(H,18,19);1H. The van der Waals surface area contributed by atoms with Crippen LogP contribution in [0.1, 0.15) is 29.6 Å². The van der Waals surface area contributed by atoms with Gasteiger partial charge in [0.25, 0.3) is 5.91 Å². The van der Waals surface area contributed by atoms with Gasteiger partial charge in [0.2, 0.25) is 0 Å². The van der Waals surface area contributed by atoms with Crippen LogP contribution in [0.25, 0.3) is 0 Å². The van der Waals surface area contributed by atoms with E-state index in [1.807, 2.05) is 0 Å². The second-order valence-corrected chi connectivity index (χ2v) is 5.72. The molecule has 20 heavy (non-hydrogen) atoms. The maximum Gasteiger partial charge on any atom is 0.252 e. The van der Waals surface area contributed by atoms with Gasteiger partial charge in [-0.05, 0) is 56.5 Å². The summed E-state index contributed by atoms with van der Waals surface area (Å²) in [5.41, 5.74) is 0.479. The van der Waals surface area contributed by atoms with Crippen molar-refractivity contribution in [1.82, 2.24) is 10.6 Å². The van der Waals surface area contributed by atoms with Gasteiger partial charge in [-0.3, -0.25) is 4.79 Å². The molecule has 1 aromatic carbocycles. The monoisotopic (exact) mass is 336 g/mol. The molecule has 1 heterocycles. The zero-order valence-corrected chi connectivity index (χ0v) is 13.5. The molecule has 0 bridgehead atoms. The minimum Gasteiger partial charge on any atom is -0.352 e. The van der Waals surface area contributed by atoms with Gasteiger partial charge in [-0.15, -0.1) is 12.4 Å². The summed E-state index contributed by atoms with van der Waals surface area (Å²) in [5, 5.41) is 7.21. The number of piperidine rings is 1. The van der Waals surface area contributed by atoms with Crippen LogP contribution in [-0.2, 0) is 0 Å². The highest BCUT2D eigenvalue weighted by molar-refractivity contribution is 6.36. The molecule has 1 aromatic rings. The van der Waals surface area contributed by atoms with Crippen molar-refractivity contribution < 1.29 is 4.79 Å². The zero-order valence-electron chi connectivity index (χ0n) is 11.1. The average Bonchev–Trinajstić information content (AvgIpc) is 2.39. The molecule has 0 radical (unpaired) electrons. The molecule has 1 fully saturated rings. The van der Waals surface area contributed by atoms with E-state index >= 15 is 0 Å². The van der Waals surface area contributed by atoms with Crippen molar-refractivity contribution in [2.24, 2.45) is 5.92 Å². The molecule has 1 amide bonds. The summed E-state index contributed by atoms with van der Waals surface area (Å²) < 4.78 is 0.